The van der Waals surface area contributed by atoms with E-state index >= 15 is 0 Å². The predicted octanol–water partition coefficient (Wildman–Crippen LogP) is 2.77. The zero-order chi connectivity index (χ0) is 18.1. The molecule has 1 amide bonds. The van der Waals surface area contributed by atoms with E-state index in [0.717, 1.165) is 17.8 Å². The standard InChI is InChI=1S/C16H21N5O3S/c1-24-7-6-17-9-11-10-18-15(25-2)21-14(11)19-12-4-3-5-13(8-12)20-16(22)23/h3-5,8,10,17,20H,6-7,9H2,1-2H3,(H,22,23)(H,18,19,21). The third-order valence-corrected chi connectivity index (χ3v) is 3.76. The normalized spacial score (nSPS) is 10.5. The Balaban J connectivity index is 2.17. The molecule has 0 fully saturated rings. The summed E-state index contributed by atoms with van der Waals surface area (Å²) in [5, 5.41) is 18.3. The minimum atomic E-state index is -1.10. The lowest BCUT2D eigenvalue weighted by Gasteiger charge is -2.13. The number of methoxy groups -OCH3 is 1. The van der Waals surface area contributed by atoms with Crippen molar-refractivity contribution in [3.63, 3.8) is 0 Å². The van der Waals surface area contributed by atoms with Gasteiger partial charge in [-0.15, -0.1) is 0 Å². The highest BCUT2D eigenvalue weighted by molar-refractivity contribution is 7.98. The molecule has 2 rings (SSSR count). The first-order valence-corrected chi connectivity index (χ1v) is 8.81. The number of anilines is 3. The van der Waals surface area contributed by atoms with Crippen molar-refractivity contribution in [1.82, 2.24) is 15.3 Å². The highest BCUT2D eigenvalue weighted by Gasteiger charge is 2.08. The van der Waals surface area contributed by atoms with Crippen LogP contribution in [-0.2, 0) is 11.3 Å². The van der Waals surface area contributed by atoms with Crippen molar-refractivity contribution in [2.45, 2.75) is 11.7 Å². The summed E-state index contributed by atoms with van der Waals surface area (Å²) in [6, 6.07) is 6.99. The van der Waals surface area contributed by atoms with Crippen molar-refractivity contribution in [3.05, 3.63) is 36.0 Å². The second kappa shape index (κ2) is 9.82. The zero-order valence-corrected chi connectivity index (χ0v) is 14.9. The molecular formula is C16H21N5O3S. The highest BCUT2D eigenvalue weighted by atomic mass is 32.2. The van der Waals surface area contributed by atoms with Crippen molar-refractivity contribution in [2.24, 2.45) is 0 Å². The van der Waals surface area contributed by atoms with Crippen LogP contribution in [0.2, 0.25) is 0 Å². The number of rotatable bonds is 9. The Labute approximate surface area is 150 Å². The molecule has 4 N–H and O–H groups in total. The lowest BCUT2D eigenvalue weighted by molar-refractivity contribution is 0.199. The maximum absolute atomic E-state index is 10.8. The van der Waals surface area contributed by atoms with Gasteiger partial charge in [-0.3, -0.25) is 5.32 Å². The molecule has 25 heavy (non-hydrogen) atoms. The van der Waals surface area contributed by atoms with E-state index in [2.05, 4.69) is 25.9 Å². The lowest BCUT2D eigenvalue weighted by atomic mass is 10.2. The molecule has 134 valence electrons. The van der Waals surface area contributed by atoms with E-state index in [4.69, 9.17) is 9.84 Å². The summed E-state index contributed by atoms with van der Waals surface area (Å²) in [5.41, 5.74) is 2.12. The number of benzene rings is 1. The van der Waals surface area contributed by atoms with Gasteiger partial charge in [-0.25, -0.2) is 14.8 Å². The fraction of sp³-hybridized carbons (Fsp3) is 0.312. The Kier molecular flexibility index (Phi) is 7.45. The number of ether oxygens (including phenoxy) is 1. The molecule has 0 spiro atoms. The van der Waals surface area contributed by atoms with Crippen molar-refractivity contribution in [2.75, 3.05) is 37.2 Å². The number of hydrogen-bond acceptors (Lipinski definition) is 7. The monoisotopic (exact) mass is 363 g/mol. The van der Waals surface area contributed by atoms with Crippen LogP contribution >= 0.6 is 11.8 Å². The molecular weight excluding hydrogens is 342 g/mol. The highest BCUT2D eigenvalue weighted by Crippen LogP contribution is 2.23. The number of nitrogens with zero attached hydrogens (tertiary/aromatic N) is 2. The summed E-state index contributed by atoms with van der Waals surface area (Å²) in [4.78, 5) is 19.6. The molecule has 0 saturated heterocycles. The van der Waals surface area contributed by atoms with Gasteiger partial charge in [0.2, 0.25) is 0 Å². The minimum Gasteiger partial charge on any atom is -0.465 e. The first-order chi connectivity index (χ1) is 12.1. The number of carboxylic acid groups (broad SMARTS) is 1. The maximum atomic E-state index is 10.8. The third-order valence-electron chi connectivity index (χ3n) is 3.20. The number of aromatic nitrogens is 2. The van der Waals surface area contributed by atoms with Crippen LogP contribution < -0.4 is 16.0 Å². The quantitative estimate of drug-likeness (QED) is 0.306. The lowest BCUT2D eigenvalue weighted by Crippen LogP contribution is -2.19. The van der Waals surface area contributed by atoms with Gasteiger partial charge < -0.3 is 20.5 Å². The molecule has 1 heterocycles. The Morgan fingerprint density at radius 2 is 2.16 bits per heavy atom. The zero-order valence-electron chi connectivity index (χ0n) is 14.1. The molecule has 8 nitrogen and oxygen atoms in total. The number of amides is 1. The number of carbonyl (C=O) groups is 1. The van der Waals surface area contributed by atoms with Crippen molar-refractivity contribution < 1.29 is 14.6 Å². The predicted molar refractivity (Wildman–Crippen MR) is 98.8 cm³/mol. The van der Waals surface area contributed by atoms with E-state index in [1.807, 2.05) is 12.3 Å². The Morgan fingerprint density at radius 3 is 2.88 bits per heavy atom. The summed E-state index contributed by atoms with van der Waals surface area (Å²) in [6.45, 7) is 1.93. The molecule has 0 atom stereocenters. The van der Waals surface area contributed by atoms with Gasteiger partial charge in [0.1, 0.15) is 5.82 Å². The van der Waals surface area contributed by atoms with E-state index in [0.29, 0.717) is 29.8 Å². The van der Waals surface area contributed by atoms with Gasteiger partial charge in [0, 0.05) is 43.3 Å². The second-order valence-corrected chi connectivity index (χ2v) is 5.81. The molecule has 0 aliphatic rings. The molecule has 1 aromatic carbocycles. The Morgan fingerprint density at radius 1 is 1.36 bits per heavy atom. The van der Waals surface area contributed by atoms with E-state index < -0.39 is 6.09 Å². The van der Waals surface area contributed by atoms with Gasteiger partial charge >= 0.3 is 6.09 Å². The maximum Gasteiger partial charge on any atom is 0.409 e. The molecule has 0 unspecified atom stereocenters. The fourth-order valence-electron chi connectivity index (χ4n) is 2.06. The number of thioether (sulfide) groups is 1. The fourth-order valence-corrected chi connectivity index (χ4v) is 2.40. The molecule has 2 aromatic rings. The summed E-state index contributed by atoms with van der Waals surface area (Å²) in [7, 11) is 1.66. The SMILES string of the molecule is COCCNCc1cnc(SC)nc1Nc1cccc(NC(=O)O)c1. The van der Waals surface area contributed by atoms with E-state index in [1.54, 1.807) is 31.5 Å². The summed E-state index contributed by atoms with van der Waals surface area (Å²) in [5.74, 6) is 0.678. The van der Waals surface area contributed by atoms with Gasteiger partial charge in [-0.1, -0.05) is 17.8 Å². The van der Waals surface area contributed by atoms with Gasteiger partial charge in [-0.05, 0) is 24.5 Å². The summed E-state index contributed by atoms with van der Waals surface area (Å²) in [6.07, 6.45) is 2.58. The van der Waals surface area contributed by atoms with Crippen LogP contribution in [0.5, 0.6) is 0 Å². The average molecular weight is 363 g/mol. The molecule has 0 aliphatic heterocycles. The number of nitrogens with one attached hydrogen (secondary N) is 3. The smallest absolute Gasteiger partial charge is 0.409 e. The van der Waals surface area contributed by atoms with Crippen LogP contribution in [0, 0.1) is 0 Å². The average Bonchev–Trinajstić information content (AvgIpc) is 2.59. The van der Waals surface area contributed by atoms with Gasteiger partial charge in [0.05, 0.1) is 6.61 Å². The van der Waals surface area contributed by atoms with Crippen LogP contribution in [0.4, 0.5) is 22.0 Å². The molecule has 0 aliphatic carbocycles. The van der Waals surface area contributed by atoms with Crippen molar-refractivity contribution >= 4 is 35.0 Å². The van der Waals surface area contributed by atoms with Crippen LogP contribution in [0.15, 0.2) is 35.6 Å². The van der Waals surface area contributed by atoms with Crippen molar-refractivity contribution in [3.8, 4) is 0 Å². The van der Waals surface area contributed by atoms with Crippen molar-refractivity contribution in [1.29, 1.82) is 0 Å². The molecule has 9 heteroatoms. The van der Waals surface area contributed by atoms with Crippen LogP contribution in [0.3, 0.4) is 0 Å². The summed E-state index contributed by atoms with van der Waals surface area (Å²) < 4.78 is 5.02. The Bertz CT molecular complexity index is 714. The van der Waals surface area contributed by atoms with Gasteiger partial charge in [-0.2, -0.15) is 0 Å². The summed E-state index contributed by atoms with van der Waals surface area (Å²) >= 11 is 1.45. The van der Waals surface area contributed by atoms with E-state index in [-0.39, 0.29) is 0 Å². The van der Waals surface area contributed by atoms with Crippen LogP contribution in [-0.4, -0.2) is 47.7 Å². The van der Waals surface area contributed by atoms with Crippen LogP contribution in [0.25, 0.3) is 0 Å². The molecule has 0 bridgehead atoms. The first kappa shape index (κ1) is 19.0. The Hall–Kier alpha value is -2.36. The topological polar surface area (TPSA) is 108 Å². The first-order valence-electron chi connectivity index (χ1n) is 7.59. The van der Waals surface area contributed by atoms with E-state index in [1.165, 1.54) is 11.8 Å². The van der Waals surface area contributed by atoms with E-state index in [9.17, 15) is 4.79 Å². The van der Waals surface area contributed by atoms with Gasteiger partial charge in [0.25, 0.3) is 0 Å². The molecule has 0 radical (unpaired) electrons. The van der Waals surface area contributed by atoms with Gasteiger partial charge in [0.15, 0.2) is 5.16 Å². The number of hydrogen-bond donors (Lipinski definition) is 4. The second-order valence-electron chi connectivity index (χ2n) is 5.04. The third kappa shape index (κ3) is 6.22. The minimum absolute atomic E-state index is 0.483. The largest absolute Gasteiger partial charge is 0.465 e. The van der Waals surface area contributed by atoms with Crippen LogP contribution in [0.1, 0.15) is 5.56 Å². The molecule has 1 aromatic heterocycles. The molecule has 0 saturated carbocycles.